The third kappa shape index (κ3) is 2.84. The van der Waals surface area contributed by atoms with Gasteiger partial charge in [-0.25, -0.2) is 9.59 Å². The SMILES string of the molecule is O=C(Oc1ccc(Cl)cc1Cl)c1cc2ccccc2oc1=O. The van der Waals surface area contributed by atoms with Gasteiger partial charge in [0.05, 0.1) is 5.02 Å². The maximum atomic E-state index is 12.1. The second kappa shape index (κ2) is 5.83. The molecule has 1 heterocycles. The van der Waals surface area contributed by atoms with Crippen molar-refractivity contribution in [3.8, 4) is 5.75 Å². The highest BCUT2D eigenvalue weighted by Gasteiger charge is 2.17. The summed E-state index contributed by atoms with van der Waals surface area (Å²) in [6.45, 7) is 0. The molecule has 2 aromatic carbocycles. The average Bonchev–Trinajstić information content (AvgIpc) is 2.49. The Morgan fingerprint density at radius 1 is 1.05 bits per heavy atom. The summed E-state index contributed by atoms with van der Waals surface area (Å²) >= 11 is 11.7. The van der Waals surface area contributed by atoms with Gasteiger partial charge in [-0.1, -0.05) is 41.4 Å². The molecule has 3 rings (SSSR count). The Hall–Kier alpha value is -2.30. The van der Waals surface area contributed by atoms with Crippen molar-refractivity contribution in [2.75, 3.05) is 0 Å². The fourth-order valence-corrected chi connectivity index (χ4v) is 2.36. The number of halogens is 2. The van der Waals surface area contributed by atoms with Crippen LogP contribution in [0.5, 0.6) is 5.75 Å². The second-order valence-corrected chi connectivity index (χ2v) is 5.29. The smallest absolute Gasteiger partial charge is 0.351 e. The number of ether oxygens (including phenoxy) is 1. The molecule has 4 nitrogen and oxygen atoms in total. The Labute approximate surface area is 134 Å². The van der Waals surface area contributed by atoms with Crippen molar-refractivity contribution >= 4 is 40.1 Å². The van der Waals surface area contributed by atoms with E-state index in [4.69, 9.17) is 32.4 Å². The van der Waals surface area contributed by atoms with Crippen molar-refractivity contribution in [1.82, 2.24) is 0 Å². The topological polar surface area (TPSA) is 56.5 Å². The predicted octanol–water partition coefficient (Wildman–Crippen LogP) is 4.32. The first kappa shape index (κ1) is 14.6. The van der Waals surface area contributed by atoms with Crippen LogP contribution in [0.15, 0.2) is 57.7 Å². The summed E-state index contributed by atoms with van der Waals surface area (Å²) in [4.78, 5) is 24.0. The molecule has 0 unspecified atom stereocenters. The van der Waals surface area contributed by atoms with Crippen LogP contribution in [0.2, 0.25) is 10.0 Å². The summed E-state index contributed by atoms with van der Waals surface area (Å²) < 4.78 is 10.2. The van der Waals surface area contributed by atoms with Crippen molar-refractivity contribution in [2.45, 2.75) is 0 Å². The second-order valence-electron chi connectivity index (χ2n) is 4.45. The fraction of sp³-hybridized carbons (Fsp3) is 0. The van der Waals surface area contributed by atoms with Gasteiger partial charge >= 0.3 is 11.6 Å². The van der Waals surface area contributed by atoms with Crippen molar-refractivity contribution < 1.29 is 13.9 Å². The van der Waals surface area contributed by atoms with Gasteiger partial charge < -0.3 is 9.15 Å². The van der Waals surface area contributed by atoms with Gasteiger partial charge in [-0.05, 0) is 30.3 Å². The molecule has 0 aliphatic rings. The molecule has 0 amide bonds. The van der Waals surface area contributed by atoms with E-state index in [1.54, 1.807) is 24.3 Å². The summed E-state index contributed by atoms with van der Waals surface area (Å²) in [5, 5.41) is 1.21. The van der Waals surface area contributed by atoms with Crippen LogP contribution in [0.4, 0.5) is 0 Å². The van der Waals surface area contributed by atoms with Crippen molar-refractivity contribution in [3.05, 3.63) is 74.6 Å². The zero-order valence-electron chi connectivity index (χ0n) is 11.0. The highest BCUT2D eigenvalue weighted by Crippen LogP contribution is 2.28. The molecular weight excluding hydrogens is 327 g/mol. The number of esters is 1. The molecule has 0 bridgehead atoms. The summed E-state index contributed by atoms with van der Waals surface area (Å²) in [5.41, 5.74) is -0.577. The largest absolute Gasteiger partial charge is 0.422 e. The Morgan fingerprint density at radius 2 is 1.82 bits per heavy atom. The van der Waals surface area contributed by atoms with Gasteiger partial charge in [-0.2, -0.15) is 0 Å². The van der Waals surface area contributed by atoms with E-state index in [0.717, 1.165) is 0 Å². The minimum atomic E-state index is -0.844. The first-order valence-corrected chi connectivity index (χ1v) is 7.00. The normalized spacial score (nSPS) is 10.6. The molecule has 0 atom stereocenters. The number of hydrogen-bond acceptors (Lipinski definition) is 4. The van der Waals surface area contributed by atoms with Gasteiger partial charge in [0.1, 0.15) is 16.9 Å². The third-order valence-corrected chi connectivity index (χ3v) is 3.49. The van der Waals surface area contributed by atoms with Gasteiger partial charge in [0, 0.05) is 10.4 Å². The lowest BCUT2D eigenvalue weighted by atomic mass is 10.2. The maximum absolute atomic E-state index is 12.1. The molecule has 6 heteroatoms. The molecule has 3 aromatic rings. The number of benzene rings is 2. The Balaban J connectivity index is 1.98. The van der Waals surface area contributed by atoms with Crippen LogP contribution in [0, 0.1) is 0 Å². The van der Waals surface area contributed by atoms with E-state index in [2.05, 4.69) is 0 Å². The van der Waals surface area contributed by atoms with Gasteiger partial charge in [-0.15, -0.1) is 0 Å². The molecule has 0 fully saturated rings. The Bertz CT molecular complexity index is 931. The number of rotatable bonds is 2. The lowest BCUT2D eigenvalue weighted by molar-refractivity contribution is 0.0730. The molecule has 110 valence electrons. The van der Waals surface area contributed by atoms with Gasteiger partial charge in [0.15, 0.2) is 0 Å². The molecule has 0 spiro atoms. The molecule has 0 aliphatic carbocycles. The molecular formula is C16H8Cl2O4. The Kier molecular flexibility index (Phi) is 3.88. The zero-order valence-corrected chi connectivity index (χ0v) is 12.5. The van der Waals surface area contributed by atoms with Crippen LogP contribution in [0.1, 0.15) is 10.4 Å². The molecule has 0 saturated heterocycles. The van der Waals surface area contributed by atoms with E-state index >= 15 is 0 Å². The average molecular weight is 335 g/mol. The first-order valence-electron chi connectivity index (χ1n) is 6.25. The summed E-state index contributed by atoms with van der Waals surface area (Å²) in [7, 11) is 0. The highest BCUT2D eigenvalue weighted by molar-refractivity contribution is 6.35. The summed E-state index contributed by atoms with van der Waals surface area (Å²) in [5.74, 6) is -0.729. The number of hydrogen-bond donors (Lipinski definition) is 0. The van der Waals surface area contributed by atoms with Crippen molar-refractivity contribution in [3.63, 3.8) is 0 Å². The van der Waals surface area contributed by atoms with Crippen molar-refractivity contribution in [2.24, 2.45) is 0 Å². The van der Waals surface area contributed by atoms with E-state index in [-0.39, 0.29) is 16.3 Å². The quantitative estimate of drug-likeness (QED) is 0.398. The van der Waals surface area contributed by atoms with Crippen LogP contribution >= 0.6 is 23.2 Å². The molecule has 0 saturated carbocycles. The van der Waals surface area contributed by atoms with Crippen LogP contribution < -0.4 is 10.4 Å². The minimum Gasteiger partial charge on any atom is -0.422 e. The van der Waals surface area contributed by atoms with Crippen LogP contribution in [-0.2, 0) is 0 Å². The molecule has 0 N–H and O–H groups in total. The van der Waals surface area contributed by atoms with Gasteiger partial charge in [0.2, 0.25) is 0 Å². The standard InChI is InChI=1S/C16H8Cl2O4/c17-10-5-6-14(12(18)8-10)22-16(20)11-7-9-3-1-2-4-13(9)21-15(11)19/h1-8H. The Morgan fingerprint density at radius 3 is 2.59 bits per heavy atom. The number of fused-ring (bicyclic) bond motifs is 1. The van der Waals surface area contributed by atoms with Gasteiger partial charge in [0.25, 0.3) is 0 Å². The third-order valence-electron chi connectivity index (χ3n) is 2.96. The molecule has 1 aromatic heterocycles. The zero-order chi connectivity index (χ0) is 15.7. The fourth-order valence-electron chi connectivity index (χ4n) is 1.92. The van der Waals surface area contributed by atoms with E-state index < -0.39 is 11.6 Å². The minimum absolute atomic E-state index is 0.114. The highest BCUT2D eigenvalue weighted by atomic mass is 35.5. The van der Waals surface area contributed by atoms with E-state index in [9.17, 15) is 9.59 Å². The van der Waals surface area contributed by atoms with E-state index in [1.807, 2.05) is 0 Å². The van der Waals surface area contributed by atoms with Crippen molar-refractivity contribution in [1.29, 1.82) is 0 Å². The summed E-state index contributed by atoms with van der Waals surface area (Å²) in [6.07, 6.45) is 0. The first-order chi connectivity index (χ1) is 10.5. The van der Waals surface area contributed by atoms with Crippen LogP contribution in [0.25, 0.3) is 11.0 Å². The summed E-state index contributed by atoms with van der Waals surface area (Å²) in [6, 6.07) is 12.7. The van der Waals surface area contributed by atoms with Crippen LogP contribution in [-0.4, -0.2) is 5.97 Å². The molecule has 0 aliphatic heterocycles. The molecule has 22 heavy (non-hydrogen) atoms. The van der Waals surface area contributed by atoms with E-state index in [1.165, 1.54) is 24.3 Å². The maximum Gasteiger partial charge on any atom is 0.351 e. The number of carbonyl (C=O) groups is 1. The van der Waals surface area contributed by atoms with Crippen LogP contribution in [0.3, 0.4) is 0 Å². The molecule has 0 radical (unpaired) electrons. The predicted molar refractivity (Wildman–Crippen MR) is 83.9 cm³/mol. The number of carbonyl (C=O) groups excluding carboxylic acids is 1. The van der Waals surface area contributed by atoms with E-state index in [0.29, 0.717) is 16.0 Å². The lowest BCUT2D eigenvalue weighted by Gasteiger charge is -2.06. The lowest BCUT2D eigenvalue weighted by Crippen LogP contribution is -2.18. The number of para-hydroxylation sites is 1. The monoisotopic (exact) mass is 334 g/mol. The van der Waals surface area contributed by atoms with Gasteiger partial charge in [-0.3, -0.25) is 0 Å².